The molecule has 0 saturated heterocycles. The SMILES string of the molecule is CC(C)(C)CNCCn1c(Sc2cc3c(cc2-c2ccc(CN)o2)OCO3)nc2c(N)ncnc21. The number of nitrogen functional groups attached to an aromatic ring is 1. The summed E-state index contributed by atoms with van der Waals surface area (Å²) >= 11 is 1.49. The van der Waals surface area contributed by atoms with Crippen molar-refractivity contribution in [2.75, 3.05) is 25.6 Å². The van der Waals surface area contributed by atoms with Crippen LogP contribution in [0.25, 0.3) is 22.5 Å². The fraction of sp³-hybridized carbons (Fsp3) is 0.375. The van der Waals surface area contributed by atoms with E-state index in [9.17, 15) is 0 Å². The molecule has 10 nitrogen and oxygen atoms in total. The monoisotopic (exact) mass is 495 g/mol. The first-order valence-electron chi connectivity index (χ1n) is 11.4. The molecule has 0 radical (unpaired) electrons. The number of aromatic nitrogens is 4. The van der Waals surface area contributed by atoms with E-state index in [0.29, 0.717) is 53.1 Å². The molecule has 0 spiro atoms. The smallest absolute Gasteiger partial charge is 0.231 e. The average Bonchev–Trinajstić information content (AvgIpc) is 3.54. The summed E-state index contributed by atoms with van der Waals surface area (Å²) in [7, 11) is 0. The molecule has 5 N–H and O–H groups in total. The lowest BCUT2D eigenvalue weighted by Crippen LogP contribution is -2.29. The van der Waals surface area contributed by atoms with Crippen LogP contribution in [0.2, 0.25) is 0 Å². The third-order valence-corrected chi connectivity index (χ3v) is 6.55. The van der Waals surface area contributed by atoms with Crippen LogP contribution in [0.5, 0.6) is 11.5 Å². The lowest BCUT2D eigenvalue weighted by Gasteiger charge is -2.19. The van der Waals surface area contributed by atoms with Gasteiger partial charge in [-0.25, -0.2) is 15.0 Å². The third kappa shape index (κ3) is 4.93. The lowest BCUT2D eigenvalue weighted by molar-refractivity contribution is 0.174. The highest BCUT2D eigenvalue weighted by atomic mass is 32.2. The Bertz CT molecular complexity index is 1360. The minimum Gasteiger partial charge on any atom is -0.460 e. The Morgan fingerprint density at radius 3 is 2.69 bits per heavy atom. The predicted molar refractivity (Wildman–Crippen MR) is 134 cm³/mol. The number of hydrogen-bond acceptors (Lipinski definition) is 10. The highest BCUT2D eigenvalue weighted by molar-refractivity contribution is 7.99. The van der Waals surface area contributed by atoms with Crippen LogP contribution >= 0.6 is 11.8 Å². The van der Waals surface area contributed by atoms with Gasteiger partial charge in [0.25, 0.3) is 0 Å². The molecule has 3 aromatic heterocycles. The molecular formula is C24H29N7O3S. The summed E-state index contributed by atoms with van der Waals surface area (Å²) in [6.07, 6.45) is 1.47. The largest absolute Gasteiger partial charge is 0.460 e. The minimum absolute atomic E-state index is 0.180. The van der Waals surface area contributed by atoms with E-state index >= 15 is 0 Å². The first-order chi connectivity index (χ1) is 16.8. The Labute approximate surface area is 207 Å². The van der Waals surface area contributed by atoms with Gasteiger partial charge in [0.15, 0.2) is 33.6 Å². The van der Waals surface area contributed by atoms with Crippen LogP contribution in [0.15, 0.2) is 45.1 Å². The highest BCUT2D eigenvalue weighted by Gasteiger charge is 2.23. The lowest BCUT2D eigenvalue weighted by atomic mass is 9.97. The van der Waals surface area contributed by atoms with Crippen molar-refractivity contribution in [1.82, 2.24) is 24.8 Å². The molecule has 1 aromatic carbocycles. The molecule has 184 valence electrons. The Balaban J connectivity index is 1.53. The first-order valence-corrected chi connectivity index (χ1v) is 12.2. The molecule has 0 bridgehead atoms. The van der Waals surface area contributed by atoms with E-state index in [1.165, 1.54) is 18.1 Å². The number of imidazole rings is 1. The van der Waals surface area contributed by atoms with E-state index in [0.717, 1.165) is 28.7 Å². The maximum atomic E-state index is 6.14. The average molecular weight is 496 g/mol. The number of anilines is 1. The Kier molecular flexibility index (Phi) is 6.30. The summed E-state index contributed by atoms with van der Waals surface area (Å²) in [6, 6.07) is 7.66. The van der Waals surface area contributed by atoms with Gasteiger partial charge in [-0.15, -0.1) is 0 Å². The predicted octanol–water partition coefficient (Wildman–Crippen LogP) is 3.64. The van der Waals surface area contributed by atoms with Gasteiger partial charge in [-0.05, 0) is 29.7 Å². The molecule has 0 saturated carbocycles. The molecular weight excluding hydrogens is 466 g/mol. The fourth-order valence-corrected chi connectivity index (χ4v) is 4.86. The van der Waals surface area contributed by atoms with Gasteiger partial charge < -0.3 is 35.2 Å². The van der Waals surface area contributed by atoms with Gasteiger partial charge in [0, 0.05) is 30.1 Å². The maximum absolute atomic E-state index is 6.14. The van der Waals surface area contributed by atoms with Crippen molar-refractivity contribution in [3.8, 4) is 22.8 Å². The van der Waals surface area contributed by atoms with Crippen LogP contribution in [-0.2, 0) is 13.1 Å². The van der Waals surface area contributed by atoms with Crippen molar-refractivity contribution < 1.29 is 13.9 Å². The van der Waals surface area contributed by atoms with Gasteiger partial charge in [-0.1, -0.05) is 32.5 Å². The molecule has 0 unspecified atom stereocenters. The number of nitrogens with two attached hydrogens (primary N) is 2. The van der Waals surface area contributed by atoms with Gasteiger partial charge in [-0.3, -0.25) is 0 Å². The molecule has 1 aliphatic heterocycles. The van der Waals surface area contributed by atoms with Crippen molar-refractivity contribution in [3.63, 3.8) is 0 Å². The van der Waals surface area contributed by atoms with Crippen LogP contribution in [0.1, 0.15) is 26.5 Å². The molecule has 5 rings (SSSR count). The zero-order chi connectivity index (χ0) is 24.6. The molecule has 0 amide bonds. The van der Waals surface area contributed by atoms with Crippen molar-refractivity contribution in [2.45, 2.75) is 43.9 Å². The zero-order valence-corrected chi connectivity index (χ0v) is 20.8. The van der Waals surface area contributed by atoms with Crippen molar-refractivity contribution in [1.29, 1.82) is 0 Å². The summed E-state index contributed by atoms with van der Waals surface area (Å²) in [5.74, 6) is 3.09. The van der Waals surface area contributed by atoms with Crippen LogP contribution in [0.4, 0.5) is 5.82 Å². The van der Waals surface area contributed by atoms with Crippen LogP contribution < -0.4 is 26.3 Å². The number of hydrogen-bond donors (Lipinski definition) is 3. The summed E-state index contributed by atoms with van der Waals surface area (Å²) in [4.78, 5) is 14.3. The second kappa shape index (κ2) is 9.40. The van der Waals surface area contributed by atoms with E-state index in [1.807, 2.05) is 24.3 Å². The summed E-state index contributed by atoms with van der Waals surface area (Å²) in [5, 5.41) is 4.26. The number of nitrogens with one attached hydrogen (secondary N) is 1. The standard InChI is InChI=1S/C24H29N7O3S/c1-24(2,3)11-27-6-7-31-22-20(21(26)28-12-29-22)30-23(31)35-19-9-18-17(32-13-33-18)8-15(19)16-5-4-14(10-25)34-16/h4-5,8-9,12,27H,6-7,10-11,13,25H2,1-3H3,(H2,26,28,29). The molecule has 4 aromatic rings. The van der Waals surface area contributed by atoms with E-state index in [1.54, 1.807) is 0 Å². The molecule has 11 heteroatoms. The summed E-state index contributed by atoms with van der Waals surface area (Å²) in [6.45, 7) is 9.43. The number of ether oxygens (including phenoxy) is 2. The minimum atomic E-state index is 0.180. The number of benzene rings is 1. The van der Waals surface area contributed by atoms with Gasteiger partial charge in [0.1, 0.15) is 17.8 Å². The van der Waals surface area contributed by atoms with Gasteiger partial charge in [0.05, 0.1) is 6.54 Å². The number of nitrogens with zero attached hydrogens (tertiary/aromatic N) is 4. The van der Waals surface area contributed by atoms with Crippen molar-refractivity contribution in [2.24, 2.45) is 11.1 Å². The van der Waals surface area contributed by atoms with E-state index in [-0.39, 0.29) is 12.2 Å². The van der Waals surface area contributed by atoms with Gasteiger partial charge in [0.2, 0.25) is 6.79 Å². The van der Waals surface area contributed by atoms with Crippen LogP contribution in [0, 0.1) is 5.41 Å². The summed E-state index contributed by atoms with van der Waals surface area (Å²) in [5.41, 5.74) is 14.2. The Morgan fingerprint density at radius 2 is 1.94 bits per heavy atom. The molecule has 4 heterocycles. The molecule has 1 aliphatic rings. The van der Waals surface area contributed by atoms with Crippen LogP contribution in [-0.4, -0.2) is 39.4 Å². The topological polar surface area (TPSA) is 139 Å². The Hall–Kier alpha value is -3.28. The molecule has 35 heavy (non-hydrogen) atoms. The maximum Gasteiger partial charge on any atom is 0.231 e. The second-order valence-corrected chi connectivity index (χ2v) is 10.5. The van der Waals surface area contributed by atoms with Gasteiger partial charge >= 0.3 is 0 Å². The van der Waals surface area contributed by atoms with E-state index in [4.69, 9.17) is 30.3 Å². The van der Waals surface area contributed by atoms with Crippen molar-refractivity contribution in [3.05, 3.63) is 36.4 Å². The van der Waals surface area contributed by atoms with Gasteiger partial charge in [-0.2, -0.15) is 0 Å². The fourth-order valence-electron chi connectivity index (χ4n) is 3.80. The van der Waals surface area contributed by atoms with Crippen LogP contribution in [0.3, 0.4) is 0 Å². The van der Waals surface area contributed by atoms with E-state index in [2.05, 4.69) is 40.6 Å². The second-order valence-electron chi connectivity index (χ2n) is 9.49. The normalized spacial score (nSPS) is 13.1. The zero-order valence-electron chi connectivity index (χ0n) is 20.0. The number of rotatable bonds is 8. The number of furan rings is 1. The quantitative estimate of drug-likeness (QED) is 0.310. The third-order valence-electron chi connectivity index (χ3n) is 5.50. The van der Waals surface area contributed by atoms with Crippen molar-refractivity contribution >= 4 is 28.7 Å². The molecule has 0 aliphatic carbocycles. The number of fused-ring (bicyclic) bond motifs is 2. The first kappa shape index (κ1) is 23.5. The highest BCUT2D eigenvalue weighted by Crippen LogP contribution is 2.45. The molecule has 0 fully saturated rings. The molecule has 0 atom stereocenters. The van der Waals surface area contributed by atoms with E-state index < -0.39 is 0 Å². The Morgan fingerprint density at radius 1 is 1.14 bits per heavy atom. The summed E-state index contributed by atoms with van der Waals surface area (Å²) < 4.78 is 19.3.